The summed E-state index contributed by atoms with van der Waals surface area (Å²) in [6, 6.07) is 25.8. The lowest BCUT2D eigenvalue weighted by Crippen LogP contribution is -2.50. The Morgan fingerprint density at radius 3 is 2.31 bits per heavy atom. The van der Waals surface area contributed by atoms with Crippen LogP contribution >= 0.6 is 0 Å². The number of hydrogen-bond acceptors (Lipinski definition) is 10. The van der Waals surface area contributed by atoms with Gasteiger partial charge in [0.05, 0.1) is 18.8 Å². The van der Waals surface area contributed by atoms with Crippen LogP contribution in [-0.4, -0.2) is 76.8 Å². The predicted molar refractivity (Wildman–Crippen MR) is 184 cm³/mol. The summed E-state index contributed by atoms with van der Waals surface area (Å²) in [5.41, 5.74) is 5.74. The molecule has 11 nitrogen and oxygen atoms in total. The third kappa shape index (κ3) is 8.87. The van der Waals surface area contributed by atoms with Crippen molar-refractivity contribution >= 4 is 17.8 Å². The first-order chi connectivity index (χ1) is 23.9. The van der Waals surface area contributed by atoms with Gasteiger partial charge in [-0.15, -0.1) is 0 Å². The van der Waals surface area contributed by atoms with Crippen molar-refractivity contribution in [2.75, 3.05) is 37.6 Å². The van der Waals surface area contributed by atoms with E-state index in [1.807, 2.05) is 78.9 Å². The third-order valence-electron chi connectivity index (χ3n) is 8.96. The summed E-state index contributed by atoms with van der Waals surface area (Å²) >= 11 is 0. The molecule has 0 bridgehead atoms. The molecule has 1 amide bonds. The fourth-order valence-corrected chi connectivity index (χ4v) is 6.31. The van der Waals surface area contributed by atoms with Gasteiger partial charge in [-0.1, -0.05) is 72.8 Å². The van der Waals surface area contributed by atoms with E-state index in [1.54, 1.807) is 19.3 Å². The molecular formula is C38H43N5O6. The summed E-state index contributed by atoms with van der Waals surface area (Å²) in [4.78, 5) is 37.2. The molecule has 4 atom stereocenters. The zero-order valence-corrected chi connectivity index (χ0v) is 27.9. The van der Waals surface area contributed by atoms with E-state index in [0.717, 1.165) is 72.1 Å². The number of carbonyl (C=O) groups excluding carboxylic acids is 2. The molecule has 6 rings (SSSR count). The minimum Gasteiger partial charge on any atom is -0.453 e. The van der Waals surface area contributed by atoms with Crippen molar-refractivity contribution in [3.05, 3.63) is 114 Å². The molecule has 256 valence electrons. The number of anilines is 1. The number of nitrogens with one attached hydrogen (secondary N) is 1. The first-order valence-corrected chi connectivity index (χ1v) is 16.7. The fraction of sp³-hybridized carbons (Fsp3) is 0.368. The zero-order chi connectivity index (χ0) is 34.2. The Kier molecular flexibility index (Phi) is 11.3. The van der Waals surface area contributed by atoms with Crippen LogP contribution in [0, 0.1) is 0 Å². The van der Waals surface area contributed by atoms with Gasteiger partial charge in [-0.3, -0.25) is 14.5 Å². The van der Waals surface area contributed by atoms with Gasteiger partial charge >= 0.3 is 5.97 Å². The number of esters is 1. The van der Waals surface area contributed by atoms with Crippen molar-refractivity contribution in [1.82, 2.24) is 20.2 Å². The van der Waals surface area contributed by atoms with Crippen LogP contribution in [-0.2, 0) is 37.0 Å². The summed E-state index contributed by atoms with van der Waals surface area (Å²) in [7, 11) is 0. The predicted octanol–water partition coefficient (Wildman–Crippen LogP) is 4.57. The van der Waals surface area contributed by atoms with Gasteiger partial charge in [0, 0.05) is 70.6 Å². The number of amides is 1. The number of rotatable bonds is 11. The van der Waals surface area contributed by atoms with E-state index in [4.69, 9.17) is 14.2 Å². The second-order valence-corrected chi connectivity index (χ2v) is 12.4. The number of aliphatic hydroxyl groups is 1. The molecule has 2 N–H and O–H groups in total. The standard InChI is InChI=1S/C38H43N5O6/c1-26(47-27(2)45)36(46)41-23-32-6-3-4-7-34(32)29-12-14-31(15-13-29)37-48-33(22-35(49-37)30-10-8-28(25-44)9-11-30)24-42-18-20-43(21-19-42)38-39-16-5-17-40-38/h3-17,26,33,35,37,44H,18-25H2,1-2H3,(H,41,46)/t26-,33-,35+,37+/m0/s1. The van der Waals surface area contributed by atoms with Gasteiger partial charge in [-0.25, -0.2) is 9.97 Å². The van der Waals surface area contributed by atoms with Gasteiger partial charge in [0.2, 0.25) is 5.95 Å². The second kappa shape index (κ2) is 16.1. The van der Waals surface area contributed by atoms with Crippen LogP contribution in [0.15, 0.2) is 91.3 Å². The van der Waals surface area contributed by atoms with Gasteiger partial charge in [0.1, 0.15) is 0 Å². The Balaban J connectivity index is 1.15. The maximum absolute atomic E-state index is 12.5. The number of aromatic nitrogens is 2. The molecule has 2 aliphatic rings. The smallest absolute Gasteiger partial charge is 0.303 e. The highest BCUT2D eigenvalue weighted by Gasteiger charge is 2.34. The molecule has 3 heterocycles. The topological polar surface area (TPSA) is 126 Å². The summed E-state index contributed by atoms with van der Waals surface area (Å²) < 4.78 is 18.3. The summed E-state index contributed by atoms with van der Waals surface area (Å²) in [6.45, 7) is 7.37. The van der Waals surface area contributed by atoms with E-state index < -0.39 is 18.4 Å². The van der Waals surface area contributed by atoms with Crippen molar-refractivity contribution in [1.29, 1.82) is 0 Å². The fourth-order valence-electron chi connectivity index (χ4n) is 6.31. The summed E-state index contributed by atoms with van der Waals surface area (Å²) in [6.07, 6.45) is 2.61. The van der Waals surface area contributed by atoms with E-state index in [0.29, 0.717) is 13.0 Å². The molecule has 0 spiro atoms. The molecule has 0 radical (unpaired) electrons. The number of carbonyl (C=O) groups is 2. The second-order valence-electron chi connectivity index (χ2n) is 12.4. The van der Waals surface area contributed by atoms with E-state index in [9.17, 15) is 14.7 Å². The van der Waals surface area contributed by atoms with Crippen LogP contribution in [0.25, 0.3) is 11.1 Å². The average molecular weight is 666 g/mol. The molecule has 0 saturated carbocycles. The Labute approximate surface area is 286 Å². The molecular weight excluding hydrogens is 622 g/mol. The maximum Gasteiger partial charge on any atom is 0.303 e. The molecule has 1 aromatic heterocycles. The van der Waals surface area contributed by atoms with Crippen LogP contribution in [0.4, 0.5) is 5.95 Å². The number of hydrogen-bond donors (Lipinski definition) is 2. The Bertz CT molecular complexity index is 1680. The molecule has 0 unspecified atom stereocenters. The molecule has 3 aromatic carbocycles. The minimum absolute atomic E-state index is 0.00455. The van der Waals surface area contributed by atoms with Crippen LogP contribution in [0.2, 0.25) is 0 Å². The lowest BCUT2D eigenvalue weighted by atomic mass is 9.97. The number of aliphatic hydroxyl groups excluding tert-OH is 1. The zero-order valence-electron chi connectivity index (χ0n) is 27.9. The largest absolute Gasteiger partial charge is 0.453 e. The highest BCUT2D eigenvalue weighted by Crippen LogP contribution is 2.39. The monoisotopic (exact) mass is 665 g/mol. The van der Waals surface area contributed by atoms with Crippen molar-refractivity contribution in [3.8, 4) is 11.1 Å². The molecule has 4 aromatic rings. The molecule has 2 saturated heterocycles. The molecule has 0 aliphatic carbocycles. The van der Waals surface area contributed by atoms with Gasteiger partial charge in [-0.2, -0.15) is 0 Å². The molecule has 2 fully saturated rings. The van der Waals surface area contributed by atoms with Crippen LogP contribution in [0.3, 0.4) is 0 Å². The molecule has 2 aliphatic heterocycles. The highest BCUT2D eigenvalue weighted by molar-refractivity contribution is 5.83. The van der Waals surface area contributed by atoms with Gasteiger partial charge < -0.3 is 29.5 Å². The number of nitrogens with zero attached hydrogens (tertiary/aromatic N) is 4. The number of benzene rings is 3. The summed E-state index contributed by atoms with van der Waals surface area (Å²) in [5, 5.41) is 12.4. The first-order valence-electron chi connectivity index (χ1n) is 16.7. The highest BCUT2D eigenvalue weighted by atomic mass is 16.7. The van der Waals surface area contributed by atoms with Crippen molar-refractivity contribution < 1.29 is 28.9 Å². The Morgan fingerprint density at radius 2 is 1.61 bits per heavy atom. The maximum atomic E-state index is 12.5. The lowest BCUT2D eigenvalue weighted by Gasteiger charge is -2.40. The van der Waals surface area contributed by atoms with E-state index in [-0.39, 0.29) is 24.7 Å². The van der Waals surface area contributed by atoms with E-state index >= 15 is 0 Å². The van der Waals surface area contributed by atoms with Crippen molar-refractivity contribution in [2.24, 2.45) is 0 Å². The summed E-state index contributed by atoms with van der Waals surface area (Å²) in [5.74, 6) is -0.0849. The van der Waals surface area contributed by atoms with E-state index in [1.165, 1.54) is 6.92 Å². The minimum atomic E-state index is -0.867. The lowest BCUT2D eigenvalue weighted by molar-refractivity contribution is -0.253. The number of piperazine rings is 1. The van der Waals surface area contributed by atoms with Crippen molar-refractivity contribution in [2.45, 2.75) is 58.0 Å². The van der Waals surface area contributed by atoms with Crippen LogP contribution in [0.5, 0.6) is 0 Å². The van der Waals surface area contributed by atoms with Gasteiger partial charge in [0.15, 0.2) is 12.4 Å². The van der Waals surface area contributed by atoms with Gasteiger partial charge in [-0.05, 0) is 40.8 Å². The number of ether oxygens (including phenoxy) is 3. The average Bonchev–Trinajstić information content (AvgIpc) is 3.14. The normalized spacial score (nSPS) is 20.4. The van der Waals surface area contributed by atoms with Crippen molar-refractivity contribution in [3.63, 3.8) is 0 Å². The quantitative estimate of drug-likeness (QED) is 0.220. The Morgan fingerprint density at radius 1 is 0.918 bits per heavy atom. The van der Waals surface area contributed by atoms with E-state index in [2.05, 4.69) is 25.1 Å². The van der Waals surface area contributed by atoms with Crippen LogP contribution < -0.4 is 10.2 Å². The van der Waals surface area contributed by atoms with Gasteiger partial charge in [0.25, 0.3) is 5.91 Å². The molecule has 11 heteroatoms. The SMILES string of the molecule is CC(=O)O[C@@H](C)C(=O)NCc1ccccc1-c1ccc([C@@H]2O[C@H](CN3CCN(c4ncccn4)CC3)C[C@H](c3ccc(CO)cc3)O2)cc1. The first kappa shape index (κ1) is 34.2. The Hall–Kier alpha value is -4.68. The molecule has 49 heavy (non-hydrogen) atoms. The third-order valence-corrected chi connectivity index (χ3v) is 8.96. The van der Waals surface area contributed by atoms with Crippen LogP contribution in [0.1, 0.15) is 54.9 Å².